The van der Waals surface area contributed by atoms with Crippen LogP contribution in [0.4, 0.5) is 5.88 Å². The van der Waals surface area contributed by atoms with E-state index in [0.29, 0.717) is 23.7 Å². The Morgan fingerprint density at radius 3 is 2.65 bits per heavy atom. The van der Waals surface area contributed by atoms with Crippen LogP contribution in [0, 0.1) is 6.92 Å². The van der Waals surface area contributed by atoms with Gasteiger partial charge in [-0.3, -0.25) is 0 Å². The van der Waals surface area contributed by atoms with E-state index >= 15 is 0 Å². The first-order valence-electron chi connectivity index (χ1n) is 5.60. The van der Waals surface area contributed by atoms with Crippen molar-refractivity contribution < 1.29 is 9.73 Å². The number of aryl methyl sites for hydroxylation is 1. The predicted octanol–water partition coefficient (Wildman–Crippen LogP) is 2.57. The van der Waals surface area contributed by atoms with Gasteiger partial charge in [-0.15, -0.1) is 0 Å². The van der Waals surface area contributed by atoms with Crippen molar-refractivity contribution in [2.75, 3.05) is 5.43 Å². The van der Waals surface area contributed by atoms with Crippen LogP contribution in [0.15, 0.2) is 14.8 Å². The van der Waals surface area contributed by atoms with Crippen LogP contribution in [0.25, 0.3) is 0 Å². The molecule has 0 aliphatic heterocycles. The number of oxime groups is 1. The van der Waals surface area contributed by atoms with Crippen LogP contribution in [0.1, 0.15) is 38.4 Å². The molecule has 0 aliphatic rings. The first-order valence-corrected chi connectivity index (χ1v) is 5.60. The Balaban J connectivity index is 2.79. The summed E-state index contributed by atoms with van der Waals surface area (Å²) in [6, 6.07) is 0. The first-order chi connectivity index (χ1) is 8.13. The minimum atomic E-state index is 0.523. The van der Waals surface area contributed by atoms with E-state index in [0.717, 1.165) is 17.7 Å². The summed E-state index contributed by atoms with van der Waals surface area (Å²) in [5.74, 6) is 0.523. The van der Waals surface area contributed by atoms with Gasteiger partial charge in [0, 0.05) is 5.56 Å². The Hall–Kier alpha value is -1.85. The Kier molecular flexibility index (Phi) is 4.68. The summed E-state index contributed by atoms with van der Waals surface area (Å²) in [6.07, 6.45) is 1.43. The highest BCUT2D eigenvalue weighted by Crippen LogP contribution is 2.18. The summed E-state index contributed by atoms with van der Waals surface area (Å²) in [5, 5.41) is 19.9. The zero-order valence-corrected chi connectivity index (χ0v) is 10.6. The SMILES string of the molecule is CCC(=N\O)/C(C)=N/Nc1onc(CC)c1C. The maximum Gasteiger partial charge on any atom is 0.247 e. The average molecular weight is 238 g/mol. The molecule has 1 heterocycles. The summed E-state index contributed by atoms with van der Waals surface area (Å²) >= 11 is 0. The summed E-state index contributed by atoms with van der Waals surface area (Å²) in [6.45, 7) is 7.58. The lowest BCUT2D eigenvalue weighted by molar-refractivity contribution is 0.319. The van der Waals surface area contributed by atoms with Crippen molar-refractivity contribution in [3.63, 3.8) is 0 Å². The third-order valence-electron chi connectivity index (χ3n) is 2.55. The zero-order valence-electron chi connectivity index (χ0n) is 10.6. The highest BCUT2D eigenvalue weighted by molar-refractivity contribution is 6.41. The molecule has 0 aromatic carbocycles. The highest BCUT2D eigenvalue weighted by atomic mass is 16.5. The molecule has 0 saturated carbocycles. The molecule has 0 atom stereocenters. The lowest BCUT2D eigenvalue weighted by Crippen LogP contribution is -2.11. The lowest BCUT2D eigenvalue weighted by atomic mass is 10.2. The fraction of sp³-hybridized carbons (Fsp3) is 0.545. The maximum atomic E-state index is 8.73. The number of rotatable bonds is 5. The quantitative estimate of drug-likeness (QED) is 0.469. The van der Waals surface area contributed by atoms with Gasteiger partial charge in [-0.2, -0.15) is 5.10 Å². The van der Waals surface area contributed by atoms with Gasteiger partial charge in [0.05, 0.1) is 11.4 Å². The molecule has 0 bridgehead atoms. The van der Waals surface area contributed by atoms with E-state index in [1.165, 1.54) is 0 Å². The summed E-state index contributed by atoms with van der Waals surface area (Å²) < 4.78 is 5.11. The molecule has 94 valence electrons. The van der Waals surface area contributed by atoms with Crippen molar-refractivity contribution in [1.29, 1.82) is 0 Å². The van der Waals surface area contributed by atoms with Crippen LogP contribution < -0.4 is 5.43 Å². The molecule has 2 N–H and O–H groups in total. The number of nitrogens with zero attached hydrogens (tertiary/aromatic N) is 3. The third-order valence-corrected chi connectivity index (χ3v) is 2.55. The van der Waals surface area contributed by atoms with E-state index in [2.05, 4.69) is 20.8 Å². The Morgan fingerprint density at radius 2 is 2.18 bits per heavy atom. The molecule has 1 aromatic rings. The van der Waals surface area contributed by atoms with E-state index in [1.54, 1.807) is 6.92 Å². The number of hydrogen-bond donors (Lipinski definition) is 2. The van der Waals surface area contributed by atoms with E-state index in [1.807, 2.05) is 20.8 Å². The fourth-order valence-electron chi connectivity index (χ4n) is 1.40. The largest absolute Gasteiger partial charge is 0.411 e. The monoisotopic (exact) mass is 238 g/mol. The number of aromatic nitrogens is 1. The first kappa shape index (κ1) is 13.2. The van der Waals surface area contributed by atoms with Gasteiger partial charge in [0.1, 0.15) is 5.71 Å². The Morgan fingerprint density at radius 1 is 1.47 bits per heavy atom. The third kappa shape index (κ3) is 3.05. The van der Waals surface area contributed by atoms with E-state index in [9.17, 15) is 0 Å². The fourth-order valence-corrected chi connectivity index (χ4v) is 1.40. The van der Waals surface area contributed by atoms with E-state index in [-0.39, 0.29) is 0 Å². The molecular formula is C11H18N4O2. The second kappa shape index (κ2) is 6.03. The molecule has 0 aliphatic carbocycles. The molecule has 6 heteroatoms. The summed E-state index contributed by atoms with van der Waals surface area (Å²) in [5.41, 5.74) is 5.79. The van der Waals surface area contributed by atoms with Crippen molar-refractivity contribution in [2.45, 2.75) is 40.5 Å². The van der Waals surface area contributed by atoms with Crippen molar-refractivity contribution in [3.8, 4) is 0 Å². The van der Waals surface area contributed by atoms with Gasteiger partial charge in [-0.25, -0.2) is 5.43 Å². The molecular weight excluding hydrogens is 220 g/mol. The second-order valence-electron chi connectivity index (χ2n) is 3.65. The van der Waals surface area contributed by atoms with Crippen LogP contribution in [0.5, 0.6) is 0 Å². The van der Waals surface area contributed by atoms with Gasteiger partial charge in [-0.1, -0.05) is 24.2 Å². The molecule has 0 unspecified atom stereocenters. The summed E-state index contributed by atoms with van der Waals surface area (Å²) in [4.78, 5) is 0. The minimum Gasteiger partial charge on any atom is -0.411 e. The van der Waals surface area contributed by atoms with Crippen molar-refractivity contribution >= 4 is 17.3 Å². The van der Waals surface area contributed by atoms with Gasteiger partial charge in [0.2, 0.25) is 5.88 Å². The highest BCUT2D eigenvalue weighted by Gasteiger charge is 2.09. The molecule has 0 radical (unpaired) electrons. The van der Waals surface area contributed by atoms with Gasteiger partial charge in [0.25, 0.3) is 0 Å². The van der Waals surface area contributed by atoms with Crippen LogP contribution >= 0.6 is 0 Å². The van der Waals surface area contributed by atoms with Crippen molar-refractivity contribution in [1.82, 2.24) is 5.16 Å². The van der Waals surface area contributed by atoms with Crippen LogP contribution in [-0.2, 0) is 6.42 Å². The Labute approximate surface area is 100 Å². The molecule has 1 aromatic heterocycles. The van der Waals surface area contributed by atoms with Crippen LogP contribution in [0.3, 0.4) is 0 Å². The standard InChI is InChI=1S/C11H18N4O2/c1-5-9-7(3)11(17-15-9)13-12-8(4)10(6-2)14-16/h13,16H,5-6H2,1-4H3/b12-8+,14-10+. The lowest BCUT2D eigenvalue weighted by Gasteiger charge is -2.01. The van der Waals surface area contributed by atoms with E-state index < -0.39 is 0 Å². The number of hydrazone groups is 1. The number of hydrogen-bond acceptors (Lipinski definition) is 6. The van der Waals surface area contributed by atoms with Gasteiger partial charge in [-0.05, 0) is 26.7 Å². The maximum absolute atomic E-state index is 8.73. The molecule has 0 amide bonds. The second-order valence-corrected chi connectivity index (χ2v) is 3.65. The normalized spacial score (nSPS) is 12.9. The van der Waals surface area contributed by atoms with Crippen molar-refractivity contribution in [3.05, 3.63) is 11.3 Å². The number of anilines is 1. The Bertz CT molecular complexity index is 435. The molecule has 1 rings (SSSR count). The molecule has 0 saturated heterocycles. The van der Waals surface area contributed by atoms with Crippen LogP contribution in [-0.4, -0.2) is 21.8 Å². The minimum absolute atomic E-state index is 0.523. The molecule has 17 heavy (non-hydrogen) atoms. The predicted molar refractivity (Wildman–Crippen MR) is 66.9 cm³/mol. The van der Waals surface area contributed by atoms with Gasteiger partial charge < -0.3 is 9.73 Å². The van der Waals surface area contributed by atoms with Crippen LogP contribution in [0.2, 0.25) is 0 Å². The molecule has 0 spiro atoms. The molecule has 0 fully saturated rings. The van der Waals surface area contributed by atoms with Gasteiger partial charge in [0.15, 0.2) is 0 Å². The topological polar surface area (TPSA) is 83.0 Å². The zero-order chi connectivity index (χ0) is 12.8. The summed E-state index contributed by atoms with van der Waals surface area (Å²) in [7, 11) is 0. The average Bonchev–Trinajstić information content (AvgIpc) is 2.69. The van der Waals surface area contributed by atoms with E-state index in [4.69, 9.17) is 9.73 Å². The van der Waals surface area contributed by atoms with Crippen molar-refractivity contribution in [2.24, 2.45) is 10.3 Å². The number of nitrogens with one attached hydrogen (secondary N) is 1. The molecule has 6 nitrogen and oxygen atoms in total. The van der Waals surface area contributed by atoms with Gasteiger partial charge >= 0.3 is 0 Å². The smallest absolute Gasteiger partial charge is 0.247 e.